The molecule has 6 nitrogen and oxygen atoms in total. The molecule has 0 unspecified atom stereocenters. The monoisotopic (exact) mass is 282 g/mol. The second kappa shape index (κ2) is 4.66. The van der Waals surface area contributed by atoms with Crippen molar-refractivity contribution in [3.63, 3.8) is 0 Å². The van der Waals surface area contributed by atoms with Crippen LogP contribution in [0.4, 0.5) is 0 Å². The Bertz CT molecular complexity index is 762. The summed E-state index contributed by atoms with van der Waals surface area (Å²) in [6.45, 7) is 1.63. The van der Waals surface area contributed by atoms with E-state index in [0.29, 0.717) is 0 Å². The van der Waals surface area contributed by atoms with Gasteiger partial charge in [0.2, 0.25) is 0 Å². The number of nitrogens with two attached hydrogens (primary N) is 1. The summed E-state index contributed by atoms with van der Waals surface area (Å²) in [7, 11) is 0. The van der Waals surface area contributed by atoms with E-state index in [1.54, 1.807) is 6.33 Å². The fraction of sp³-hybridized carbons (Fsp3) is 0.400. The Morgan fingerprint density at radius 1 is 1.33 bits per heavy atom. The number of aromatic nitrogens is 5. The number of fused-ring (bicyclic) bond motifs is 1. The number of hydrogen-bond acceptors (Lipinski definition) is 4. The predicted octanol–water partition coefficient (Wildman–Crippen LogP) is 1.95. The van der Waals surface area contributed by atoms with Gasteiger partial charge in [0.25, 0.3) is 0 Å². The number of aromatic amines is 1. The molecule has 1 aliphatic rings. The number of nitrogens with one attached hydrogen (secondary N) is 1. The van der Waals surface area contributed by atoms with Crippen LogP contribution in [0.25, 0.3) is 22.3 Å². The molecule has 0 atom stereocenters. The Morgan fingerprint density at radius 3 is 3.00 bits per heavy atom. The van der Waals surface area contributed by atoms with Gasteiger partial charge in [0.1, 0.15) is 12.0 Å². The summed E-state index contributed by atoms with van der Waals surface area (Å²) in [6, 6.07) is 2.00. The van der Waals surface area contributed by atoms with E-state index in [2.05, 4.69) is 26.2 Å². The molecular weight excluding hydrogens is 264 g/mol. The van der Waals surface area contributed by atoms with Gasteiger partial charge in [0, 0.05) is 35.3 Å². The fourth-order valence-electron chi connectivity index (χ4n) is 3.12. The first kappa shape index (κ1) is 12.5. The van der Waals surface area contributed by atoms with Gasteiger partial charge < -0.3 is 10.7 Å². The van der Waals surface area contributed by atoms with Crippen molar-refractivity contribution in [3.8, 4) is 11.3 Å². The molecule has 108 valence electrons. The fourth-order valence-corrected chi connectivity index (χ4v) is 3.12. The molecule has 3 heterocycles. The second-order valence-electron chi connectivity index (χ2n) is 5.95. The maximum Gasteiger partial charge on any atom is 0.141 e. The third-order valence-corrected chi connectivity index (χ3v) is 4.61. The average molecular weight is 282 g/mol. The van der Waals surface area contributed by atoms with Crippen LogP contribution in [0.3, 0.4) is 0 Å². The van der Waals surface area contributed by atoms with Crippen molar-refractivity contribution in [1.82, 2.24) is 24.7 Å². The van der Waals surface area contributed by atoms with Crippen molar-refractivity contribution in [2.45, 2.75) is 25.8 Å². The normalized spacial score (nSPS) is 17.0. The molecule has 0 bridgehead atoms. The van der Waals surface area contributed by atoms with E-state index in [4.69, 9.17) is 5.73 Å². The van der Waals surface area contributed by atoms with Gasteiger partial charge in [-0.25, -0.2) is 9.97 Å². The molecule has 0 spiro atoms. The third kappa shape index (κ3) is 2.03. The van der Waals surface area contributed by atoms with Gasteiger partial charge >= 0.3 is 0 Å². The molecule has 0 aliphatic heterocycles. The van der Waals surface area contributed by atoms with Gasteiger partial charge in [-0.1, -0.05) is 6.42 Å². The number of H-pyrrole nitrogens is 1. The summed E-state index contributed by atoms with van der Waals surface area (Å²) in [6.07, 6.45) is 11.1. The highest BCUT2D eigenvalue weighted by atomic mass is 15.3. The molecule has 1 aliphatic carbocycles. The molecule has 1 saturated carbocycles. The minimum atomic E-state index is 0.248. The highest BCUT2D eigenvalue weighted by molar-refractivity contribution is 5.89. The van der Waals surface area contributed by atoms with Crippen LogP contribution in [0.1, 0.15) is 19.3 Å². The second-order valence-corrected chi connectivity index (χ2v) is 5.95. The molecule has 21 heavy (non-hydrogen) atoms. The van der Waals surface area contributed by atoms with Crippen LogP contribution in [0.15, 0.2) is 31.0 Å². The summed E-state index contributed by atoms with van der Waals surface area (Å²) in [4.78, 5) is 11.7. The van der Waals surface area contributed by atoms with E-state index in [-0.39, 0.29) is 5.41 Å². The molecule has 0 radical (unpaired) electrons. The van der Waals surface area contributed by atoms with E-state index >= 15 is 0 Å². The first-order valence-corrected chi connectivity index (χ1v) is 7.31. The van der Waals surface area contributed by atoms with Crippen LogP contribution in [-0.4, -0.2) is 31.3 Å². The van der Waals surface area contributed by atoms with E-state index in [1.165, 1.54) is 19.3 Å². The van der Waals surface area contributed by atoms with E-state index in [9.17, 15) is 0 Å². The maximum absolute atomic E-state index is 5.93. The van der Waals surface area contributed by atoms with Gasteiger partial charge in [0.05, 0.1) is 11.9 Å². The first-order chi connectivity index (χ1) is 10.3. The van der Waals surface area contributed by atoms with Crippen molar-refractivity contribution >= 4 is 11.0 Å². The Morgan fingerprint density at radius 2 is 2.24 bits per heavy atom. The molecule has 0 aromatic carbocycles. The molecular formula is C15H18N6. The van der Waals surface area contributed by atoms with Crippen LogP contribution in [0, 0.1) is 5.41 Å². The van der Waals surface area contributed by atoms with Crippen molar-refractivity contribution in [2.24, 2.45) is 11.1 Å². The van der Waals surface area contributed by atoms with E-state index in [0.717, 1.165) is 35.4 Å². The van der Waals surface area contributed by atoms with E-state index < -0.39 is 0 Å². The molecule has 3 N–H and O–H groups in total. The largest absolute Gasteiger partial charge is 0.346 e. The van der Waals surface area contributed by atoms with Gasteiger partial charge in [-0.3, -0.25) is 4.68 Å². The lowest BCUT2D eigenvalue weighted by molar-refractivity contribution is 0.111. The van der Waals surface area contributed by atoms with Crippen molar-refractivity contribution in [3.05, 3.63) is 31.0 Å². The first-order valence-electron chi connectivity index (χ1n) is 7.31. The smallest absolute Gasteiger partial charge is 0.141 e. The van der Waals surface area contributed by atoms with Crippen LogP contribution in [-0.2, 0) is 6.54 Å². The molecule has 6 heteroatoms. The molecule has 0 amide bonds. The summed E-state index contributed by atoms with van der Waals surface area (Å²) >= 11 is 0. The van der Waals surface area contributed by atoms with Crippen LogP contribution in [0.5, 0.6) is 0 Å². The summed E-state index contributed by atoms with van der Waals surface area (Å²) in [5.74, 6) is 0. The molecule has 3 aromatic rings. The Balaban J connectivity index is 1.66. The highest BCUT2D eigenvalue weighted by Gasteiger charge is 2.36. The topological polar surface area (TPSA) is 85.4 Å². The lowest BCUT2D eigenvalue weighted by Gasteiger charge is -2.40. The molecule has 4 rings (SSSR count). The van der Waals surface area contributed by atoms with Gasteiger partial charge in [-0.05, 0) is 25.5 Å². The Hall–Kier alpha value is -2.21. The third-order valence-electron chi connectivity index (χ3n) is 4.61. The summed E-state index contributed by atoms with van der Waals surface area (Å²) in [5, 5.41) is 5.51. The maximum atomic E-state index is 5.93. The summed E-state index contributed by atoms with van der Waals surface area (Å²) < 4.78 is 2.00. The van der Waals surface area contributed by atoms with E-state index in [1.807, 2.05) is 23.1 Å². The zero-order valence-corrected chi connectivity index (χ0v) is 11.8. The lowest BCUT2D eigenvalue weighted by Crippen LogP contribution is -2.41. The Labute approximate surface area is 122 Å². The standard InChI is InChI=1S/C15H18N6/c16-8-15(3-1-4-15)9-21-7-11(6-20-21)13-12-2-5-17-14(12)19-10-18-13/h2,5-7,10H,1,3-4,8-9,16H2,(H,17,18,19). The summed E-state index contributed by atoms with van der Waals surface area (Å²) in [5.41, 5.74) is 8.97. The highest BCUT2D eigenvalue weighted by Crippen LogP contribution is 2.41. The molecule has 3 aromatic heterocycles. The number of nitrogens with zero attached hydrogens (tertiary/aromatic N) is 4. The Kier molecular flexibility index (Phi) is 2.78. The predicted molar refractivity (Wildman–Crippen MR) is 80.4 cm³/mol. The lowest BCUT2D eigenvalue weighted by atomic mass is 9.69. The number of hydrogen-bond donors (Lipinski definition) is 2. The van der Waals surface area contributed by atoms with Crippen molar-refractivity contribution in [1.29, 1.82) is 0 Å². The van der Waals surface area contributed by atoms with Crippen molar-refractivity contribution in [2.75, 3.05) is 6.54 Å². The minimum Gasteiger partial charge on any atom is -0.346 e. The van der Waals surface area contributed by atoms with Gasteiger partial charge in [-0.15, -0.1) is 0 Å². The van der Waals surface area contributed by atoms with Gasteiger partial charge in [-0.2, -0.15) is 5.10 Å². The molecule has 1 fully saturated rings. The molecule has 0 saturated heterocycles. The zero-order chi connectivity index (χ0) is 14.3. The minimum absolute atomic E-state index is 0.248. The van der Waals surface area contributed by atoms with Crippen LogP contribution in [0.2, 0.25) is 0 Å². The number of rotatable bonds is 4. The quantitative estimate of drug-likeness (QED) is 0.766. The van der Waals surface area contributed by atoms with Crippen LogP contribution >= 0.6 is 0 Å². The zero-order valence-electron chi connectivity index (χ0n) is 11.8. The average Bonchev–Trinajstić information content (AvgIpc) is 3.11. The van der Waals surface area contributed by atoms with Crippen LogP contribution < -0.4 is 5.73 Å². The SMILES string of the molecule is NCC1(Cn2cc(-c3ncnc4[nH]ccc34)cn2)CCC1. The van der Waals surface area contributed by atoms with Gasteiger partial charge in [0.15, 0.2) is 0 Å². The van der Waals surface area contributed by atoms with Crippen molar-refractivity contribution < 1.29 is 0 Å².